The maximum absolute atomic E-state index is 12.7. The van der Waals surface area contributed by atoms with E-state index in [2.05, 4.69) is 5.32 Å². The van der Waals surface area contributed by atoms with Crippen LogP contribution in [-0.4, -0.2) is 17.1 Å². The van der Waals surface area contributed by atoms with Gasteiger partial charge < -0.3 is 14.8 Å². The molecule has 1 amide bonds. The van der Waals surface area contributed by atoms with E-state index < -0.39 is 5.91 Å². The number of nitrogens with one attached hydrogen (secondary N) is 1. The van der Waals surface area contributed by atoms with Crippen LogP contribution in [0.5, 0.6) is 0 Å². The van der Waals surface area contributed by atoms with Gasteiger partial charge in [0.15, 0.2) is 11.2 Å². The molecule has 1 aliphatic rings. The van der Waals surface area contributed by atoms with Crippen LogP contribution in [0.15, 0.2) is 69.9 Å². The summed E-state index contributed by atoms with van der Waals surface area (Å²) in [6.07, 6.45) is 0.963. The van der Waals surface area contributed by atoms with Crippen LogP contribution in [0.1, 0.15) is 35.0 Å². The number of aliphatic hydroxyl groups is 1. The molecule has 1 saturated carbocycles. The fraction of sp³-hybridized carbons (Fsp3) is 0.238. The van der Waals surface area contributed by atoms with E-state index in [0.29, 0.717) is 23.8 Å². The lowest BCUT2D eigenvalue weighted by Gasteiger charge is -2.38. The van der Waals surface area contributed by atoms with E-state index in [0.717, 1.165) is 5.56 Å². The molecule has 0 spiro atoms. The zero-order valence-corrected chi connectivity index (χ0v) is 14.1. The minimum absolute atomic E-state index is 0.00509. The van der Waals surface area contributed by atoms with Gasteiger partial charge in [0, 0.05) is 6.07 Å². The Morgan fingerprint density at radius 1 is 1.08 bits per heavy atom. The van der Waals surface area contributed by atoms with Crippen LogP contribution < -0.4 is 10.7 Å². The number of hydrogen-bond acceptors (Lipinski definition) is 4. The van der Waals surface area contributed by atoms with Crippen molar-refractivity contribution in [2.45, 2.75) is 25.0 Å². The van der Waals surface area contributed by atoms with E-state index >= 15 is 0 Å². The summed E-state index contributed by atoms with van der Waals surface area (Å²) in [6, 6.07) is 17.5. The van der Waals surface area contributed by atoms with E-state index in [9.17, 15) is 14.7 Å². The Morgan fingerprint density at radius 3 is 2.50 bits per heavy atom. The number of amides is 1. The van der Waals surface area contributed by atoms with Crippen LogP contribution >= 0.6 is 0 Å². The molecule has 0 saturated heterocycles. The molecule has 1 aliphatic carbocycles. The largest absolute Gasteiger partial charge is 0.451 e. The lowest BCUT2D eigenvalue weighted by atomic mass is 9.75. The molecule has 1 aromatic heterocycles. The van der Waals surface area contributed by atoms with Gasteiger partial charge >= 0.3 is 0 Å². The number of aliphatic hydroxyl groups excluding tert-OH is 1. The number of rotatable bonds is 4. The van der Waals surface area contributed by atoms with Gasteiger partial charge in [0.1, 0.15) is 5.58 Å². The highest BCUT2D eigenvalue weighted by Crippen LogP contribution is 2.38. The van der Waals surface area contributed by atoms with Crippen molar-refractivity contribution in [2.24, 2.45) is 5.92 Å². The summed E-state index contributed by atoms with van der Waals surface area (Å²) >= 11 is 0. The predicted molar refractivity (Wildman–Crippen MR) is 97.9 cm³/mol. The lowest BCUT2D eigenvalue weighted by molar-refractivity contribution is 0.0232. The molecule has 2 N–H and O–H groups in total. The Hall–Kier alpha value is -2.92. The molecule has 4 rings (SSSR count). The average Bonchev–Trinajstić information content (AvgIpc) is 2.64. The number of carbonyl (C=O) groups excluding carboxylic acids is 1. The zero-order valence-electron chi connectivity index (χ0n) is 14.1. The van der Waals surface area contributed by atoms with Crippen LogP contribution in [0.4, 0.5) is 0 Å². The number of benzene rings is 2. The molecule has 1 unspecified atom stereocenters. The monoisotopic (exact) mass is 349 g/mol. The molecule has 0 bridgehead atoms. The summed E-state index contributed by atoms with van der Waals surface area (Å²) in [4.78, 5) is 25.0. The molecule has 132 valence electrons. The summed E-state index contributed by atoms with van der Waals surface area (Å²) in [5.41, 5.74) is 1.12. The Morgan fingerprint density at radius 2 is 1.77 bits per heavy atom. The first-order valence-corrected chi connectivity index (χ1v) is 8.68. The van der Waals surface area contributed by atoms with Gasteiger partial charge in [-0.1, -0.05) is 42.5 Å². The second kappa shape index (κ2) is 6.77. The zero-order chi connectivity index (χ0) is 18.1. The first-order valence-electron chi connectivity index (χ1n) is 8.68. The fourth-order valence-electron chi connectivity index (χ4n) is 3.46. The Kier molecular flexibility index (Phi) is 4.31. The Bertz CT molecular complexity index is 990. The average molecular weight is 349 g/mol. The summed E-state index contributed by atoms with van der Waals surface area (Å²) < 4.78 is 5.63. The third kappa shape index (κ3) is 3.13. The summed E-state index contributed by atoms with van der Waals surface area (Å²) in [5.74, 6) is -0.277. The Labute approximate surface area is 150 Å². The van der Waals surface area contributed by atoms with Gasteiger partial charge in [-0.25, -0.2) is 0 Å². The molecular formula is C21H19NO4. The first-order chi connectivity index (χ1) is 12.6. The normalized spacial score (nSPS) is 20.3. The third-order valence-corrected chi connectivity index (χ3v) is 4.92. The molecule has 5 nitrogen and oxygen atoms in total. The van der Waals surface area contributed by atoms with Crippen LogP contribution in [0.3, 0.4) is 0 Å². The molecular weight excluding hydrogens is 330 g/mol. The molecule has 1 heterocycles. The summed E-state index contributed by atoms with van der Waals surface area (Å²) in [7, 11) is 0. The maximum atomic E-state index is 12.7. The van der Waals surface area contributed by atoms with Crippen molar-refractivity contribution in [1.82, 2.24) is 5.32 Å². The van der Waals surface area contributed by atoms with Gasteiger partial charge in [0.05, 0.1) is 17.5 Å². The number of hydrogen-bond donors (Lipinski definition) is 2. The molecule has 3 aromatic rings. The van der Waals surface area contributed by atoms with Crippen LogP contribution in [-0.2, 0) is 0 Å². The van der Waals surface area contributed by atoms with Crippen molar-refractivity contribution < 1.29 is 14.3 Å². The van der Waals surface area contributed by atoms with Crippen molar-refractivity contribution in [3.8, 4) is 0 Å². The molecule has 5 heteroatoms. The van der Waals surface area contributed by atoms with Crippen LogP contribution in [0, 0.1) is 5.92 Å². The molecule has 1 atom stereocenters. The Balaban J connectivity index is 1.63. The molecule has 26 heavy (non-hydrogen) atoms. The van der Waals surface area contributed by atoms with E-state index in [4.69, 9.17) is 4.42 Å². The van der Waals surface area contributed by atoms with Gasteiger partial charge in [0.2, 0.25) is 0 Å². The second-order valence-electron chi connectivity index (χ2n) is 6.72. The van der Waals surface area contributed by atoms with Crippen molar-refractivity contribution in [3.05, 3.63) is 82.2 Å². The van der Waals surface area contributed by atoms with Gasteiger partial charge in [-0.3, -0.25) is 9.59 Å². The second-order valence-corrected chi connectivity index (χ2v) is 6.72. The van der Waals surface area contributed by atoms with Crippen molar-refractivity contribution in [2.75, 3.05) is 0 Å². The quantitative estimate of drug-likeness (QED) is 0.759. The van der Waals surface area contributed by atoms with E-state index in [1.165, 1.54) is 6.07 Å². The maximum Gasteiger partial charge on any atom is 0.287 e. The summed E-state index contributed by atoms with van der Waals surface area (Å²) in [5, 5.41) is 13.1. The van der Waals surface area contributed by atoms with Crippen LogP contribution in [0.25, 0.3) is 11.0 Å². The number of fused-ring (bicyclic) bond motifs is 1. The van der Waals surface area contributed by atoms with Crippen molar-refractivity contribution in [3.63, 3.8) is 0 Å². The van der Waals surface area contributed by atoms with Gasteiger partial charge in [0.25, 0.3) is 5.91 Å². The standard InChI is InChI=1S/C21H19NO4/c23-15-10-14(11-15)20(13-6-2-1-3-7-13)22-21(25)19-12-17(24)16-8-4-5-9-18(16)26-19/h1-9,12,14-15,20,23H,10-11H2,(H,22,25). The highest BCUT2D eigenvalue weighted by Gasteiger charge is 2.36. The number of para-hydroxylation sites is 1. The highest BCUT2D eigenvalue weighted by atomic mass is 16.3. The molecule has 1 fully saturated rings. The van der Waals surface area contributed by atoms with E-state index in [1.807, 2.05) is 30.3 Å². The van der Waals surface area contributed by atoms with E-state index in [1.54, 1.807) is 24.3 Å². The van der Waals surface area contributed by atoms with Crippen molar-refractivity contribution >= 4 is 16.9 Å². The fourth-order valence-corrected chi connectivity index (χ4v) is 3.46. The van der Waals surface area contributed by atoms with Gasteiger partial charge in [-0.15, -0.1) is 0 Å². The minimum Gasteiger partial charge on any atom is -0.451 e. The SMILES string of the molecule is O=C(NC(c1ccccc1)C1CC(O)C1)c1cc(=O)c2ccccc2o1. The van der Waals surface area contributed by atoms with Gasteiger partial charge in [-0.05, 0) is 36.5 Å². The smallest absolute Gasteiger partial charge is 0.287 e. The number of carbonyl (C=O) groups is 1. The molecule has 0 radical (unpaired) electrons. The topological polar surface area (TPSA) is 79.5 Å². The minimum atomic E-state index is -0.428. The first kappa shape index (κ1) is 16.5. The lowest BCUT2D eigenvalue weighted by Crippen LogP contribution is -2.41. The third-order valence-electron chi connectivity index (χ3n) is 4.92. The summed E-state index contributed by atoms with van der Waals surface area (Å²) in [6.45, 7) is 0. The highest BCUT2D eigenvalue weighted by molar-refractivity contribution is 5.93. The molecule has 2 aromatic carbocycles. The van der Waals surface area contributed by atoms with Crippen molar-refractivity contribution in [1.29, 1.82) is 0 Å². The van der Waals surface area contributed by atoms with Crippen LogP contribution in [0.2, 0.25) is 0 Å². The molecule has 0 aliphatic heterocycles. The predicted octanol–water partition coefficient (Wildman–Crippen LogP) is 3.04. The van der Waals surface area contributed by atoms with Gasteiger partial charge in [-0.2, -0.15) is 0 Å². The van der Waals surface area contributed by atoms with E-state index in [-0.39, 0.29) is 29.3 Å².